The highest BCUT2D eigenvalue weighted by Gasteiger charge is 2.25. The number of ether oxygens (including phenoxy) is 1. The second kappa shape index (κ2) is 7.23. The SMILES string of the molecule is Cc1cc(CN(C)C(=O)c2c(C)cc(C3CCOCC3)oc2=O)on1. The molecule has 1 amide bonds. The summed E-state index contributed by atoms with van der Waals surface area (Å²) in [6.07, 6.45) is 1.64. The largest absolute Gasteiger partial charge is 0.427 e. The second-order valence-corrected chi connectivity index (χ2v) is 6.48. The smallest absolute Gasteiger partial charge is 0.349 e. The highest BCUT2D eigenvalue weighted by molar-refractivity contribution is 5.94. The van der Waals surface area contributed by atoms with E-state index in [1.54, 1.807) is 26.1 Å². The van der Waals surface area contributed by atoms with Crippen LogP contribution >= 0.6 is 0 Å². The van der Waals surface area contributed by atoms with Crippen LogP contribution in [0.1, 0.15) is 51.9 Å². The Morgan fingerprint density at radius 3 is 2.60 bits per heavy atom. The third-order valence-corrected chi connectivity index (χ3v) is 4.42. The maximum absolute atomic E-state index is 12.7. The summed E-state index contributed by atoms with van der Waals surface area (Å²) in [7, 11) is 1.62. The number of rotatable bonds is 4. The van der Waals surface area contributed by atoms with Crippen LogP contribution in [0, 0.1) is 13.8 Å². The molecular weight excluding hydrogens is 324 g/mol. The van der Waals surface area contributed by atoms with E-state index < -0.39 is 5.63 Å². The molecule has 0 saturated carbocycles. The van der Waals surface area contributed by atoms with Gasteiger partial charge in [-0.25, -0.2) is 4.79 Å². The molecule has 0 spiro atoms. The molecule has 3 rings (SSSR count). The van der Waals surface area contributed by atoms with Crippen molar-refractivity contribution < 1.29 is 18.5 Å². The third kappa shape index (κ3) is 3.82. The van der Waals surface area contributed by atoms with Crippen molar-refractivity contribution in [3.05, 3.63) is 50.9 Å². The Morgan fingerprint density at radius 2 is 2.00 bits per heavy atom. The van der Waals surface area contributed by atoms with Crippen molar-refractivity contribution in [3.8, 4) is 0 Å². The second-order valence-electron chi connectivity index (χ2n) is 6.48. The van der Waals surface area contributed by atoms with Gasteiger partial charge >= 0.3 is 5.63 Å². The molecule has 1 aliphatic rings. The van der Waals surface area contributed by atoms with Gasteiger partial charge in [0, 0.05) is 32.2 Å². The van der Waals surface area contributed by atoms with Gasteiger partial charge in [0.15, 0.2) is 5.76 Å². The van der Waals surface area contributed by atoms with E-state index in [9.17, 15) is 9.59 Å². The lowest BCUT2D eigenvalue weighted by atomic mass is 9.95. The van der Waals surface area contributed by atoms with Crippen LogP contribution in [0.2, 0.25) is 0 Å². The molecule has 3 heterocycles. The van der Waals surface area contributed by atoms with E-state index in [0.717, 1.165) is 18.5 Å². The van der Waals surface area contributed by atoms with Crippen molar-refractivity contribution >= 4 is 5.91 Å². The van der Waals surface area contributed by atoms with Crippen LogP contribution in [0.3, 0.4) is 0 Å². The number of hydrogen-bond donors (Lipinski definition) is 0. The minimum absolute atomic E-state index is 0.0644. The summed E-state index contributed by atoms with van der Waals surface area (Å²) < 4.78 is 15.9. The normalized spacial score (nSPS) is 15.3. The first kappa shape index (κ1) is 17.4. The quantitative estimate of drug-likeness (QED) is 0.845. The van der Waals surface area contributed by atoms with Gasteiger partial charge in [-0.1, -0.05) is 5.16 Å². The summed E-state index contributed by atoms with van der Waals surface area (Å²) in [5.41, 5.74) is 0.845. The number of aromatic nitrogens is 1. The fourth-order valence-corrected chi connectivity index (χ4v) is 3.06. The van der Waals surface area contributed by atoms with E-state index in [1.165, 1.54) is 4.90 Å². The average Bonchev–Trinajstić information content (AvgIpc) is 2.99. The van der Waals surface area contributed by atoms with E-state index in [0.29, 0.717) is 30.3 Å². The fourth-order valence-electron chi connectivity index (χ4n) is 3.06. The Bertz CT molecular complexity index is 817. The van der Waals surface area contributed by atoms with Crippen molar-refractivity contribution in [2.45, 2.75) is 39.2 Å². The van der Waals surface area contributed by atoms with E-state index in [4.69, 9.17) is 13.7 Å². The lowest BCUT2D eigenvalue weighted by Crippen LogP contribution is -2.31. The van der Waals surface area contributed by atoms with Crippen molar-refractivity contribution in [1.82, 2.24) is 10.1 Å². The van der Waals surface area contributed by atoms with E-state index in [2.05, 4.69) is 5.16 Å². The minimum atomic E-state index is -0.591. The zero-order valence-corrected chi connectivity index (χ0v) is 14.7. The molecule has 7 nitrogen and oxygen atoms in total. The average molecular weight is 346 g/mol. The molecule has 1 saturated heterocycles. The lowest BCUT2D eigenvalue weighted by Gasteiger charge is -2.22. The predicted octanol–water partition coefficient (Wildman–Crippen LogP) is 2.41. The molecule has 25 heavy (non-hydrogen) atoms. The Balaban J connectivity index is 1.81. The lowest BCUT2D eigenvalue weighted by molar-refractivity contribution is 0.0754. The fraction of sp³-hybridized carbons (Fsp3) is 0.500. The van der Waals surface area contributed by atoms with Gasteiger partial charge in [0.25, 0.3) is 5.91 Å². The summed E-state index contributed by atoms with van der Waals surface area (Å²) >= 11 is 0. The van der Waals surface area contributed by atoms with Crippen LogP contribution in [0.15, 0.2) is 25.9 Å². The molecule has 7 heteroatoms. The molecule has 0 unspecified atom stereocenters. The molecule has 0 aromatic carbocycles. The number of nitrogens with zero attached hydrogens (tertiary/aromatic N) is 2. The molecule has 0 N–H and O–H groups in total. The van der Waals surface area contributed by atoms with Gasteiger partial charge in [-0.3, -0.25) is 4.79 Å². The van der Waals surface area contributed by atoms with Crippen molar-refractivity contribution in [3.63, 3.8) is 0 Å². The summed E-state index contributed by atoms with van der Waals surface area (Å²) in [5.74, 6) is 0.975. The predicted molar refractivity (Wildman–Crippen MR) is 89.5 cm³/mol. The molecule has 1 aliphatic heterocycles. The van der Waals surface area contributed by atoms with Gasteiger partial charge in [0.2, 0.25) is 0 Å². The molecule has 0 radical (unpaired) electrons. The zero-order valence-electron chi connectivity index (χ0n) is 14.7. The Morgan fingerprint density at radius 1 is 1.28 bits per heavy atom. The molecule has 0 bridgehead atoms. The monoisotopic (exact) mass is 346 g/mol. The van der Waals surface area contributed by atoms with Crippen LogP contribution in [0.25, 0.3) is 0 Å². The standard InChI is InChI=1S/C18H22N2O5/c1-11-8-15(13-4-6-23-7-5-13)24-18(22)16(11)17(21)20(3)10-14-9-12(2)19-25-14/h8-9,13H,4-7,10H2,1-3H3. The summed E-state index contributed by atoms with van der Waals surface area (Å²) in [6, 6.07) is 3.56. The molecule has 1 fully saturated rings. The summed E-state index contributed by atoms with van der Waals surface area (Å²) in [5, 5.41) is 3.80. The molecular formula is C18H22N2O5. The topological polar surface area (TPSA) is 85.8 Å². The van der Waals surface area contributed by atoms with Gasteiger partial charge in [-0.15, -0.1) is 0 Å². The first-order valence-electron chi connectivity index (χ1n) is 8.35. The van der Waals surface area contributed by atoms with Gasteiger partial charge < -0.3 is 18.6 Å². The number of hydrogen-bond acceptors (Lipinski definition) is 6. The molecule has 134 valence electrons. The maximum atomic E-state index is 12.7. The van der Waals surface area contributed by atoms with Gasteiger partial charge in [0.1, 0.15) is 11.3 Å². The van der Waals surface area contributed by atoms with E-state index in [1.807, 2.05) is 6.92 Å². The number of carbonyl (C=O) groups is 1. The van der Waals surface area contributed by atoms with Crippen LogP contribution in [0.4, 0.5) is 0 Å². The van der Waals surface area contributed by atoms with E-state index in [-0.39, 0.29) is 23.9 Å². The number of aryl methyl sites for hydroxylation is 2. The molecule has 0 atom stereocenters. The van der Waals surface area contributed by atoms with Gasteiger partial charge in [-0.2, -0.15) is 0 Å². The van der Waals surface area contributed by atoms with Gasteiger partial charge in [0.05, 0.1) is 12.2 Å². The summed E-state index contributed by atoms with van der Waals surface area (Å²) in [6.45, 7) is 5.13. The Labute approximate surface area is 145 Å². The van der Waals surface area contributed by atoms with Crippen LogP contribution in [0.5, 0.6) is 0 Å². The van der Waals surface area contributed by atoms with Crippen molar-refractivity contribution in [2.75, 3.05) is 20.3 Å². The third-order valence-electron chi connectivity index (χ3n) is 4.42. The minimum Gasteiger partial charge on any atom is -0.427 e. The van der Waals surface area contributed by atoms with Crippen LogP contribution in [-0.2, 0) is 11.3 Å². The molecule has 2 aromatic rings. The van der Waals surface area contributed by atoms with Crippen LogP contribution < -0.4 is 5.63 Å². The highest BCUT2D eigenvalue weighted by Crippen LogP contribution is 2.27. The summed E-state index contributed by atoms with van der Waals surface area (Å²) in [4.78, 5) is 26.5. The Kier molecular flexibility index (Phi) is 5.03. The molecule has 0 aliphatic carbocycles. The van der Waals surface area contributed by atoms with Gasteiger partial charge in [-0.05, 0) is 38.3 Å². The highest BCUT2D eigenvalue weighted by atomic mass is 16.5. The zero-order chi connectivity index (χ0) is 18.0. The first-order chi connectivity index (χ1) is 12.0. The Hall–Kier alpha value is -2.41. The number of carbonyl (C=O) groups excluding carboxylic acids is 1. The maximum Gasteiger partial charge on any atom is 0.349 e. The van der Waals surface area contributed by atoms with Crippen molar-refractivity contribution in [1.29, 1.82) is 0 Å². The van der Waals surface area contributed by atoms with Crippen molar-refractivity contribution in [2.24, 2.45) is 0 Å². The number of amides is 1. The van der Waals surface area contributed by atoms with Crippen LogP contribution in [-0.4, -0.2) is 36.2 Å². The van der Waals surface area contributed by atoms with E-state index >= 15 is 0 Å². The first-order valence-corrected chi connectivity index (χ1v) is 8.35. The molecule has 2 aromatic heterocycles.